The minimum Gasteiger partial charge on any atom is -0.370 e. The molecule has 3 heterocycles. The zero-order valence-electron chi connectivity index (χ0n) is 48.8. The second kappa shape index (κ2) is 26.9. The molecule has 12 atom stereocenters. The number of rotatable bonds is 26. The SMILES string of the molecule is CC1(C)[C@H](N)C[C@@H]1C(=O)N[C@H]1C[C@@H](C(=O)N[C@@H]2C[C@H](C(=O)N[C@H]3C[C@@H](C(=O)N[C@@H]4C[C@H](C(=O)N[C@H]5C[C@@H](C(N)=O)N(C(=O)CCCCN=C(N)N)C5)C4(C)C)N(C(=O)CCCCN=C(N)N)C3)C2(C)C)N(C(=O)CCCCN=C(N)N)C1. The van der Waals surface area contributed by atoms with Crippen LogP contribution in [0.3, 0.4) is 0 Å². The van der Waals surface area contributed by atoms with Crippen molar-refractivity contribution in [3.8, 4) is 0 Å². The molecule has 0 spiro atoms. The number of hydrogen-bond donors (Lipinski definition) is 13. The van der Waals surface area contributed by atoms with Gasteiger partial charge >= 0.3 is 0 Å². The number of amides is 9. The number of guanidine groups is 3. The number of primary amides is 1. The molecule has 3 saturated carbocycles. The Labute approximate surface area is 480 Å². The van der Waals surface area contributed by atoms with Crippen LogP contribution in [-0.4, -0.2) is 179 Å². The number of carbonyl (C=O) groups excluding carboxylic acids is 9. The van der Waals surface area contributed by atoms with Gasteiger partial charge in [-0.05, 0) is 93.3 Å². The highest BCUT2D eigenvalue weighted by atomic mass is 16.2. The van der Waals surface area contributed by atoms with E-state index in [1.807, 2.05) is 41.5 Å². The zero-order chi connectivity index (χ0) is 60.6. The number of nitrogens with one attached hydrogen (secondary N) is 5. The smallest absolute Gasteiger partial charge is 0.243 e. The summed E-state index contributed by atoms with van der Waals surface area (Å²) < 4.78 is 0. The van der Waals surface area contributed by atoms with Crippen LogP contribution in [0.15, 0.2) is 15.0 Å². The molecule has 6 aliphatic rings. The Morgan fingerprint density at radius 1 is 0.402 bits per heavy atom. The number of hydrogen-bond acceptors (Lipinski definition) is 13. The fourth-order valence-corrected chi connectivity index (χ4v) is 12.7. The lowest BCUT2D eigenvalue weighted by Crippen LogP contribution is -2.64. The van der Waals surface area contributed by atoms with Crippen LogP contribution in [0, 0.1) is 34.0 Å². The molecule has 9 amide bonds. The van der Waals surface area contributed by atoms with Crippen LogP contribution < -0.4 is 72.5 Å². The van der Waals surface area contributed by atoms with Crippen molar-refractivity contribution >= 4 is 71.0 Å². The number of aliphatic imine (C=N–C) groups is 3. The van der Waals surface area contributed by atoms with E-state index in [2.05, 4.69) is 41.6 Å². The minimum atomic E-state index is -0.943. The highest BCUT2D eigenvalue weighted by Crippen LogP contribution is 2.48. The first-order chi connectivity index (χ1) is 38.4. The maximum atomic E-state index is 14.3. The largest absolute Gasteiger partial charge is 0.370 e. The predicted molar refractivity (Wildman–Crippen MR) is 306 cm³/mol. The van der Waals surface area contributed by atoms with Gasteiger partial charge in [-0.2, -0.15) is 0 Å². The Bertz CT molecular complexity index is 2490. The standard InChI is InChI=1S/C54H93N19O9/c1-52(2)31(22-37(52)55)44(78)67-29-20-35(72(26-29)41(75)14-8-11-17-64-50(59)60)47(81)70-39-24-33(54(39,5)6)46(80)68-30-21-36(73(27-30)42(76)15-9-12-18-65-51(61)62)48(82)69-38-23-32(53(38,3)4)45(79)66-28-19-34(43(56)77)71(25-28)40(74)13-7-10-16-63-49(57)58/h28-39H,7-27,55H2,1-6H3,(H2,56,77)(H,66,79)(H,67,78)(H,68,80)(H,69,82)(H,70,81)(H4,57,58,63)(H4,59,60,64)(H4,61,62,65)/t28-,29-,30-,31+,32+,33+,34-,35-,36-,37+,38+,39+/m0/s1. The topological polar surface area (TPSA) is 469 Å². The highest BCUT2D eigenvalue weighted by molar-refractivity contribution is 5.92. The maximum Gasteiger partial charge on any atom is 0.243 e. The van der Waals surface area contributed by atoms with Gasteiger partial charge in [0.2, 0.25) is 53.2 Å². The minimum absolute atomic E-state index is 0.0406. The van der Waals surface area contributed by atoms with Gasteiger partial charge < -0.3 is 87.2 Å². The Hall–Kier alpha value is -7.00. The lowest BCUT2D eigenvalue weighted by molar-refractivity contribution is -0.145. The molecule has 0 aromatic carbocycles. The first kappa shape index (κ1) is 64.2. The van der Waals surface area contributed by atoms with Crippen molar-refractivity contribution in [2.24, 2.45) is 94.8 Å². The van der Waals surface area contributed by atoms with E-state index in [-0.39, 0.29) is 141 Å². The van der Waals surface area contributed by atoms with Crippen molar-refractivity contribution in [1.29, 1.82) is 0 Å². The van der Waals surface area contributed by atoms with E-state index in [0.717, 1.165) is 0 Å². The number of nitrogens with zero attached hydrogens (tertiary/aromatic N) is 6. The summed E-state index contributed by atoms with van der Waals surface area (Å²) in [5.41, 5.74) is 42.7. The third kappa shape index (κ3) is 15.4. The molecule has 0 aromatic rings. The third-order valence-corrected chi connectivity index (χ3v) is 18.6. The zero-order valence-corrected chi connectivity index (χ0v) is 48.8. The van der Waals surface area contributed by atoms with E-state index in [1.54, 1.807) is 0 Å². The molecule has 0 unspecified atom stereocenters. The van der Waals surface area contributed by atoms with Gasteiger partial charge in [0.25, 0.3) is 0 Å². The molecule has 28 heteroatoms. The molecule has 3 aliphatic heterocycles. The molecule has 28 nitrogen and oxygen atoms in total. The second-order valence-corrected chi connectivity index (χ2v) is 25.3. The molecule has 82 heavy (non-hydrogen) atoms. The van der Waals surface area contributed by atoms with Crippen LogP contribution in [0.4, 0.5) is 0 Å². The van der Waals surface area contributed by atoms with Crippen molar-refractivity contribution in [3.05, 3.63) is 0 Å². The third-order valence-electron chi connectivity index (χ3n) is 18.6. The summed E-state index contributed by atoms with van der Waals surface area (Å²) in [5.74, 6) is -4.53. The van der Waals surface area contributed by atoms with E-state index < -0.39 is 82.8 Å². The number of nitrogens with two attached hydrogens (primary N) is 8. The molecule has 3 aliphatic carbocycles. The molecular weight excluding hydrogens is 1060 g/mol. The average molecular weight is 1150 g/mol. The van der Waals surface area contributed by atoms with Crippen LogP contribution in [0.1, 0.15) is 138 Å². The lowest BCUT2D eigenvalue weighted by atomic mass is 9.58. The van der Waals surface area contributed by atoms with E-state index in [0.29, 0.717) is 71.0 Å². The van der Waals surface area contributed by atoms with Crippen molar-refractivity contribution in [3.63, 3.8) is 0 Å². The van der Waals surface area contributed by atoms with Gasteiger partial charge in [-0.25, -0.2) is 0 Å². The Morgan fingerprint density at radius 2 is 0.707 bits per heavy atom. The van der Waals surface area contributed by atoms with Gasteiger partial charge in [0.15, 0.2) is 17.9 Å². The highest BCUT2D eigenvalue weighted by Gasteiger charge is 2.57. The van der Waals surface area contributed by atoms with E-state index in [4.69, 9.17) is 45.9 Å². The fraction of sp³-hybridized carbons (Fsp3) is 0.778. The quantitative estimate of drug-likeness (QED) is 0.0227. The monoisotopic (exact) mass is 1150 g/mol. The van der Waals surface area contributed by atoms with E-state index in [9.17, 15) is 43.2 Å². The second-order valence-electron chi connectivity index (χ2n) is 25.3. The fourth-order valence-electron chi connectivity index (χ4n) is 12.7. The van der Waals surface area contributed by atoms with Crippen LogP contribution in [0.25, 0.3) is 0 Å². The molecular formula is C54H93N19O9. The summed E-state index contributed by atoms with van der Waals surface area (Å²) in [6.45, 7) is 12.8. The first-order valence-electron chi connectivity index (χ1n) is 29.0. The van der Waals surface area contributed by atoms with Gasteiger partial charge in [-0.1, -0.05) is 41.5 Å². The van der Waals surface area contributed by atoms with Crippen LogP contribution in [0.5, 0.6) is 0 Å². The number of likely N-dealkylation sites (tertiary alicyclic amines) is 3. The van der Waals surface area contributed by atoms with Gasteiger partial charge in [0, 0.05) is 113 Å². The number of unbranched alkanes of at least 4 members (excludes halogenated alkanes) is 3. The summed E-state index contributed by atoms with van der Waals surface area (Å²) in [7, 11) is 0. The van der Waals surface area contributed by atoms with Crippen LogP contribution in [0.2, 0.25) is 0 Å². The van der Waals surface area contributed by atoms with Crippen LogP contribution in [-0.2, 0) is 43.2 Å². The predicted octanol–water partition coefficient (Wildman–Crippen LogP) is -3.50. The maximum absolute atomic E-state index is 14.3. The van der Waals surface area contributed by atoms with Crippen molar-refractivity contribution < 1.29 is 43.2 Å². The first-order valence-corrected chi connectivity index (χ1v) is 29.0. The summed E-state index contributed by atoms with van der Waals surface area (Å²) in [6.07, 6.45) is 5.07. The lowest BCUT2D eigenvalue weighted by Gasteiger charge is -2.51. The normalized spacial score (nSPS) is 29.1. The summed E-state index contributed by atoms with van der Waals surface area (Å²) in [5, 5.41) is 15.4. The van der Waals surface area contributed by atoms with Crippen molar-refractivity contribution in [2.45, 2.75) is 192 Å². The molecule has 0 bridgehead atoms. The Kier molecular flexibility index (Phi) is 21.1. The summed E-state index contributed by atoms with van der Waals surface area (Å²) >= 11 is 0. The summed E-state index contributed by atoms with van der Waals surface area (Å²) in [6, 6.07) is -5.28. The van der Waals surface area contributed by atoms with Crippen molar-refractivity contribution in [1.82, 2.24) is 41.3 Å². The van der Waals surface area contributed by atoms with Crippen molar-refractivity contribution in [2.75, 3.05) is 39.3 Å². The molecule has 6 fully saturated rings. The summed E-state index contributed by atoms with van der Waals surface area (Å²) in [4.78, 5) is 140. The molecule has 3 saturated heterocycles. The molecule has 0 aromatic heterocycles. The Balaban J connectivity index is 1.05. The van der Waals surface area contributed by atoms with Gasteiger partial charge in [-0.3, -0.25) is 58.1 Å². The average Bonchev–Trinajstić information content (AvgIpc) is 3.90. The molecule has 6 rings (SSSR count). The van der Waals surface area contributed by atoms with Gasteiger partial charge in [-0.15, -0.1) is 0 Å². The van der Waals surface area contributed by atoms with E-state index >= 15 is 0 Å². The van der Waals surface area contributed by atoms with Gasteiger partial charge in [0.1, 0.15) is 18.1 Å². The van der Waals surface area contributed by atoms with E-state index in [1.165, 1.54) is 14.7 Å². The molecule has 0 radical (unpaired) electrons. The Morgan fingerprint density at radius 3 is 0.988 bits per heavy atom. The van der Waals surface area contributed by atoms with Gasteiger partial charge in [0.05, 0.1) is 0 Å². The molecule has 21 N–H and O–H groups in total. The number of carbonyl (C=O) groups is 9. The van der Waals surface area contributed by atoms with Crippen LogP contribution >= 0.6 is 0 Å². The molecule has 458 valence electrons.